The summed E-state index contributed by atoms with van der Waals surface area (Å²) in [4.78, 5) is 16.1. The third-order valence-electron chi connectivity index (χ3n) is 2.71. The number of hydrogen-bond acceptors (Lipinski definition) is 3. The Morgan fingerprint density at radius 1 is 1.44 bits per heavy atom. The Labute approximate surface area is 106 Å². The summed E-state index contributed by atoms with van der Waals surface area (Å²) >= 11 is 0. The van der Waals surface area contributed by atoms with E-state index in [-0.39, 0.29) is 5.91 Å². The minimum atomic E-state index is -0.109. The van der Waals surface area contributed by atoms with Crippen LogP contribution in [0.1, 0.15) is 15.9 Å². The fourth-order valence-electron chi connectivity index (χ4n) is 1.86. The molecule has 18 heavy (non-hydrogen) atoms. The number of aromatic nitrogens is 1. The molecule has 0 radical (unpaired) electrons. The van der Waals surface area contributed by atoms with E-state index in [4.69, 9.17) is 5.73 Å². The van der Waals surface area contributed by atoms with Gasteiger partial charge in [0.2, 0.25) is 0 Å². The van der Waals surface area contributed by atoms with Gasteiger partial charge in [0.05, 0.1) is 11.1 Å². The second kappa shape index (κ2) is 5.42. The van der Waals surface area contributed by atoms with Crippen molar-refractivity contribution in [1.29, 1.82) is 0 Å². The largest absolute Gasteiger partial charge is 0.355 e. The topological polar surface area (TPSA) is 68.0 Å². The molecule has 0 atom stereocenters. The van der Waals surface area contributed by atoms with Gasteiger partial charge in [-0.3, -0.25) is 9.78 Å². The molecule has 0 spiro atoms. The molecular formula is C14H15N3O. The molecule has 4 nitrogen and oxygen atoms in total. The number of fused-ring (bicyclic) bond motifs is 1. The van der Waals surface area contributed by atoms with Crippen LogP contribution >= 0.6 is 0 Å². The van der Waals surface area contributed by atoms with Crippen LogP contribution in [0.2, 0.25) is 0 Å². The molecule has 0 saturated heterocycles. The van der Waals surface area contributed by atoms with E-state index >= 15 is 0 Å². The maximum absolute atomic E-state index is 11.8. The highest BCUT2D eigenvalue weighted by Crippen LogP contribution is 2.21. The summed E-state index contributed by atoms with van der Waals surface area (Å²) in [7, 11) is 1.62. The number of carbonyl (C=O) groups is 1. The van der Waals surface area contributed by atoms with Crippen molar-refractivity contribution in [3.05, 3.63) is 47.7 Å². The molecule has 1 aromatic heterocycles. The summed E-state index contributed by atoms with van der Waals surface area (Å²) in [6.07, 6.45) is 5.43. The maximum Gasteiger partial charge on any atom is 0.251 e. The summed E-state index contributed by atoms with van der Waals surface area (Å²) in [6, 6.07) is 7.48. The van der Waals surface area contributed by atoms with E-state index in [2.05, 4.69) is 10.3 Å². The molecule has 0 aliphatic carbocycles. The predicted octanol–water partition coefficient (Wildman–Crippen LogP) is 1.57. The van der Waals surface area contributed by atoms with Crippen LogP contribution in [-0.2, 0) is 0 Å². The Balaban J connectivity index is 2.65. The van der Waals surface area contributed by atoms with Gasteiger partial charge in [-0.2, -0.15) is 0 Å². The Kier molecular flexibility index (Phi) is 3.69. The normalized spacial score (nSPS) is 11.0. The Morgan fingerprint density at radius 3 is 3.00 bits per heavy atom. The average Bonchev–Trinajstić information content (AvgIpc) is 2.43. The standard InChI is InChI=1S/C14H15N3O/c1-16-14(18)12-7-9-17-13-10(5-3-8-15)4-2-6-11(12)13/h2-7,9H,8,15H2,1H3,(H,16,18). The highest BCUT2D eigenvalue weighted by Gasteiger charge is 2.09. The van der Waals surface area contributed by atoms with E-state index in [1.54, 1.807) is 19.3 Å². The maximum atomic E-state index is 11.8. The molecule has 4 heteroatoms. The second-order valence-corrected chi connectivity index (χ2v) is 3.82. The van der Waals surface area contributed by atoms with Crippen molar-refractivity contribution in [3.8, 4) is 0 Å². The first-order valence-corrected chi connectivity index (χ1v) is 5.74. The van der Waals surface area contributed by atoms with Crippen LogP contribution in [0.15, 0.2) is 36.5 Å². The monoisotopic (exact) mass is 241 g/mol. The van der Waals surface area contributed by atoms with Gasteiger partial charge in [-0.25, -0.2) is 0 Å². The molecule has 92 valence electrons. The molecule has 1 heterocycles. The zero-order chi connectivity index (χ0) is 13.0. The van der Waals surface area contributed by atoms with E-state index < -0.39 is 0 Å². The van der Waals surface area contributed by atoms with Gasteiger partial charge in [0.15, 0.2) is 0 Å². The molecule has 2 aromatic rings. The molecule has 0 fully saturated rings. The number of nitrogens with one attached hydrogen (secondary N) is 1. The number of amides is 1. The Hall–Kier alpha value is -2.20. The first kappa shape index (κ1) is 12.3. The van der Waals surface area contributed by atoms with E-state index in [9.17, 15) is 4.79 Å². The molecule has 0 aliphatic rings. The minimum Gasteiger partial charge on any atom is -0.355 e. The lowest BCUT2D eigenvalue weighted by molar-refractivity contribution is 0.0964. The smallest absolute Gasteiger partial charge is 0.251 e. The molecule has 0 unspecified atom stereocenters. The lowest BCUT2D eigenvalue weighted by atomic mass is 10.0. The number of hydrogen-bond donors (Lipinski definition) is 2. The van der Waals surface area contributed by atoms with Crippen molar-refractivity contribution >= 4 is 22.9 Å². The minimum absolute atomic E-state index is 0.109. The van der Waals surface area contributed by atoms with Crippen LogP contribution in [0.5, 0.6) is 0 Å². The first-order chi connectivity index (χ1) is 8.77. The van der Waals surface area contributed by atoms with E-state index in [0.29, 0.717) is 12.1 Å². The summed E-state index contributed by atoms with van der Waals surface area (Å²) in [6.45, 7) is 0.478. The fraction of sp³-hybridized carbons (Fsp3) is 0.143. The SMILES string of the molecule is CNC(=O)c1ccnc2c(C=CCN)cccc12. The van der Waals surface area contributed by atoms with Crippen molar-refractivity contribution in [3.63, 3.8) is 0 Å². The third-order valence-corrected chi connectivity index (χ3v) is 2.71. The number of rotatable bonds is 3. The Morgan fingerprint density at radius 2 is 2.28 bits per heavy atom. The van der Waals surface area contributed by atoms with Gasteiger partial charge in [-0.05, 0) is 6.07 Å². The summed E-state index contributed by atoms with van der Waals surface area (Å²) in [5, 5.41) is 3.47. The van der Waals surface area contributed by atoms with Crippen molar-refractivity contribution in [2.45, 2.75) is 0 Å². The average molecular weight is 241 g/mol. The van der Waals surface area contributed by atoms with Crippen LogP contribution in [0.25, 0.3) is 17.0 Å². The lowest BCUT2D eigenvalue weighted by Crippen LogP contribution is -2.18. The van der Waals surface area contributed by atoms with E-state index in [1.165, 1.54) is 0 Å². The van der Waals surface area contributed by atoms with Gasteiger partial charge in [0, 0.05) is 30.7 Å². The molecule has 1 aromatic carbocycles. The zero-order valence-electron chi connectivity index (χ0n) is 10.2. The second-order valence-electron chi connectivity index (χ2n) is 3.82. The van der Waals surface area contributed by atoms with Crippen LogP contribution in [0.3, 0.4) is 0 Å². The van der Waals surface area contributed by atoms with Gasteiger partial charge < -0.3 is 11.1 Å². The van der Waals surface area contributed by atoms with Crippen molar-refractivity contribution in [2.75, 3.05) is 13.6 Å². The van der Waals surface area contributed by atoms with Crippen molar-refractivity contribution in [2.24, 2.45) is 5.73 Å². The van der Waals surface area contributed by atoms with Crippen molar-refractivity contribution < 1.29 is 4.79 Å². The quantitative estimate of drug-likeness (QED) is 0.857. The molecule has 1 amide bonds. The van der Waals surface area contributed by atoms with Gasteiger partial charge in [-0.15, -0.1) is 0 Å². The highest BCUT2D eigenvalue weighted by atomic mass is 16.1. The predicted molar refractivity (Wildman–Crippen MR) is 73.2 cm³/mol. The third kappa shape index (κ3) is 2.24. The number of para-hydroxylation sites is 1. The van der Waals surface area contributed by atoms with E-state index in [1.807, 2.05) is 30.4 Å². The molecule has 0 bridgehead atoms. The van der Waals surface area contributed by atoms with Crippen LogP contribution < -0.4 is 11.1 Å². The summed E-state index contributed by atoms with van der Waals surface area (Å²) in [5.74, 6) is -0.109. The molecule has 3 N–H and O–H groups in total. The lowest BCUT2D eigenvalue weighted by Gasteiger charge is -2.06. The van der Waals surface area contributed by atoms with Gasteiger partial charge in [0.1, 0.15) is 0 Å². The fourth-order valence-corrected chi connectivity index (χ4v) is 1.86. The number of carbonyl (C=O) groups excluding carboxylic acids is 1. The van der Waals surface area contributed by atoms with Crippen LogP contribution in [-0.4, -0.2) is 24.5 Å². The summed E-state index contributed by atoms with van der Waals surface area (Å²) in [5.41, 5.74) is 7.85. The molecule has 0 saturated carbocycles. The number of benzene rings is 1. The highest BCUT2D eigenvalue weighted by molar-refractivity contribution is 6.07. The number of pyridine rings is 1. The van der Waals surface area contributed by atoms with Crippen LogP contribution in [0, 0.1) is 0 Å². The van der Waals surface area contributed by atoms with Crippen LogP contribution in [0.4, 0.5) is 0 Å². The molecule has 2 rings (SSSR count). The van der Waals surface area contributed by atoms with Crippen molar-refractivity contribution in [1.82, 2.24) is 10.3 Å². The van der Waals surface area contributed by atoms with Gasteiger partial charge in [0.25, 0.3) is 5.91 Å². The van der Waals surface area contributed by atoms with Gasteiger partial charge >= 0.3 is 0 Å². The number of nitrogens with zero attached hydrogens (tertiary/aromatic N) is 1. The molecule has 0 aliphatic heterocycles. The van der Waals surface area contributed by atoms with E-state index in [0.717, 1.165) is 16.5 Å². The number of nitrogens with two attached hydrogens (primary N) is 1. The van der Waals surface area contributed by atoms with Gasteiger partial charge in [-0.1, -0.05) is 30.4 Å². The first-order valence-electron chi connectivity index (χ1n) is 5.74. The Bertz CT molecular complexity index is 605. The zero-order valence-corrected chi connectivity index (χ0v) is 10.2. The molecular weight excluding hydrogens is 226 g/mol. The summed E-state index contributed by atoms with van der Waals surface area (Å²) < 4.78 is 0.